The number of hydrogen-bond acceptors (Lipinski definition) is 4. The van der Waals surface area contributed by atoms with E-state index < -0.39 is 10.0 Å². The lowest BCUT2D eigenvalue weighted by atomic mass is 9.98. The highest BCUT2D eigenvalue weighted by Gasteiger charge is 2.36. The number of fused-ring (bicyclic) bond motifs is 1. The lowest BCUT2D eigenvalue weighted by molar-refractivity contribution is 0.185. The van der Waals surface area contributed by atoms with Crippen LogP contribution >= 0.6 is 0 Å². The molecule has 0 spiro atoms. The van der Waals surface area contributed by atoms with Gasteiger partial charge in [-0.15, -0.1) is 0 Å². The molecule has 3 heterocycles. The molecule has 0 N–H and O–H groups in total. The van der Waals surface area contributed by atoms with E-state index >= 15 is 0 Å². The van der Waals surface area contributed by atoms with E-state index in [9.17, 15) is 8.42 Å². The molecular formula is C18H21N3O2S. The highest BCUT2D eigenvalue weighted by Crippen LogP contribution is 2.27. The molecule has 24 heavy (non-hydrogen) atoms. The van der Waals surface area contributed by atoms with Gasteiger partial charge >= 0.3 is 0 Å². The molecule has 4 rings (SSSR count). The van der Waals surface area contributed by atoms with Gasteiger partial charge in [0, 0.05) is 44.6 Å². The number of aromatic nitrogens is 1. The molecule has 0 amide bonds. The quantitative estimate of drug-likeness (QED) is 0.854. The van der Waals surface area contributed by atoms with Crippen molar-refractivity contribution in [2.75, 3.05) is 19.6 Å². The third-order valence-electron chi connectivity index (χ3n) is 5.07. The third kappa shape index (κ3) is 2.85. The normalized spacial score (nSPS) is 22.4. The van der Waals surface area contributed by atoms with Crippen LogP contribution in [0, 0.1) is 0 Å². The highest BCUT2D eigenvalue weighted by atomic mass is 32.2. The molecule has 0 radical (unpaired) electrons. The van der Waals surface area contributed by atoms with Gasteiger partial charge in [0.2, 0.25) is 10.0 Å². The van der Waals surface area contributed by atoms with Gasteiger partial charge in [0.25, 0.3) is 0 Å². The Morgan fingerprint density at radius 1 is 1.04 bits per heavy atom. The van der Waals surface area contributed by atoms with E-state index in [1.54, 1.807) is 22.6 Å². The summed E-state index contributed by atoms with van der Waals surface area (Å²) < 4.78 is 27.1. The summed E-state index contributed by atoms with van der Waals surface area (Å²) in [5.74, 6) is 0. The van der Waals surface area contributed by atoms with Gasteiger partial charge in [-0.05, 0) is 36.1 Å². The Bertz CT molecular complexity index is 823. The van der Waals surface area contributed by atoms with Gasteiger partial charge in [0.1, 0.15) is 4.90 Å². The summed E-state index contributed by atoms with van der Waals surface area (Å²) in [4.78, 5) is 6.66. The average molecular weight is 343 g/mol. The molecule has 1 atom stereocenters. The molecule has 0 aliphatic carbocycles. The Morgan fingerprint density at radius 3 is 2.67 bits per heavy atom. The van der Waals surface area contributed by atoms with E-state index in [1.165, 1.54) is 17.3 Å². The number of hydrogen-bond donors (Lipinski definition) is 0. The molecule has 2 aliphatic heterocycles. The van der Waals surface area contributed by atoms with Crippen LogP contribution < -0.4 is 0 Å². The van der Waals surface area contributed by atoms with Crippen molar-refractivity contribution in [1.29, 1.82) is 0 Å². The zero-order valence-electron chi connectivity index (χ0n) is 13.5. The molecule has 1 aromatic carbocycles. The maximum Gasteiger partial charge on any atom is 0.244 e. The van der Waals surface area contributed by atoms with E-state index in [-0.39, 0.29) is 4.90 Å². The van der Waals surface area contributed by atoms with Crippen LogP contribution in [0.15, 0.2) is 53.7 Å². The summed E-state index contributed by atoms with van der Waals surface area (Å²) in [7, 11) is -3.43. The second-order valence-corrected chi connectivity index (χ2v) is 8.42. The minimum absolute atomic E-state index is 0.287. The predicted octanol–water partition coefficient (Wildman–Crippen LogP) is 1.90. The van der Waals surface area contributed by atoms with Gasteiger partial charge in [0.15, 0.2) is 0 Å². The molecule has 1 saturated heterocycles. The Morgan fingerprint density at radius 2 is 1.88 bits per heavy atom. The van der Waals surface area contributed by atoms with Crippen LogP contribution in [0.1, 0.15) is 17.5 Å². The first-order chi connectivity index (χ1) is 11.6. The Kier molecular flexibility index (Phi) is 4.12. The number of benzene rings is 1. The summed E-state index contributed by atoms with van der Waals surface area (Å²) in [6.07, 6.45) is 4.96. The zero-order valence-corrected chi connectivity index (χ0v) is 14.3. The van der Waals surface area contributed by atoms with Crippen molar-refractivity contribution in [2.24, 2.45) is 0 Å². The van der Waals surface area contributed by atoms with E-state index in [2.05, 4.69) is 34.1 Å². The smallest absolute Gasteiger partial charge is 0.244 e. The first-order valence-electron chi connectivity index (χ1n) is 8.35. The van der Waals surface area contributed by atoms with Gasteiger partial charge < -0.3 is 0 Å². The molecular weight excluding hydrogens is 322 g/mol. The van der Waals surface area contributed by atoms with Crippen LogP contribution in [0.4, 0.5) is 0 Å². The lowest BCUT2D eigenvalue weighted by Crippen LogP contribution is -2.41. The van der Waals surface area contributed by atoms with Crippen LogP contribution in [-0.2, 0) is 23.0 Å². The van der Waals surface area contributed by atoms with Crippen LogP contribution in [0.5, 0.6) is 0 Å². The Balaban J connectivity index is 1.48. The molecule has 5 nitrogen and oxygen atoms in total. The minimum atomic E-state index is -3.43. The number of pyridine rings is 1. The van der Waals surface area contributed by atoms with Crippen molar-refractivity contribution in [1.82, 2.24) is 14.2 Å². The van der Waals surface area contributed by atoms with E-state index in [1.807, 2.05) is 0 Å². The maximum atomic E-state index is 12.7. The SMILES string of the molecule is O=S(=O)(c1cccnc1)N1CC[C@@H](N2CCc3ccccc3C2)C1. The first kappa shape index (κ1) is 15.7. The van der Waals surface area contributed by atoms with Crippen molar-refractivity contribution < 1.29 is 8.42 Å². The van der Waals surface area contributed by atoms with Gasteiger partial charge in [-0.25, -0.2) is 8.42 Å². The molecule has 2 aliphatic rings. The minimum Gasteiger partial charge on any atom is -0.294 e. The fraction of sp³-hybridized carbons (Fsp3) is 0.389. The molecule has 0 saturated carbocycles. The summed E-state index contributed by atoms with van der Waals surface area (Å²) in [6.45, 7) is 3.07. The van der Waals surface area contributed by atoms with Crippen molar-refractivity contribution in [2.45, 2.75) is 30.3 Å². The van der Waals surface area contributed by atoms with Crippen molar-refractivity contribution >= 4 is 10.0 Å². The van der Waals surface area contributed by atoms with Crippen molar-refractivity contribution in [3.63, 3.8) is 0 Å². The summed E-state index contributed by atoms with van der Waals surface area (Å²) in [5.41, 5.74) is 2.80. The largest absolute Gasteiger partial charge is 0.294 e. The fourth-order valence-corrected chi connectivity index (χ4v) is 5.16. The fourth-order valence-electron chi connectivity index (χ4n) is 3.70. The third-order valence-corrected chi connectivity index (χ3v) is 6.92. The van der Waals surface area contributed by atoms with Gasteiger partial charge in [-0.3, -0.25) is 9.88 Å². The molecule has 126 valence electrons. The molecule has 0 bridgehead atoms. The number of sulfonamides is 1. The molecule has 1 aromatic heterocycles. The maximum absolute atomic E-state index is 12.7. The van der Waals surface area contributed by atoms with Gasteiger partial charge in [-0.2, -0.15) is 4.31 Å². The molecule has 2 aromatic rings. The number of nitrogens with zero attached hydrogens (tertiary/aromatic N) is 3. The van der Waals surface area contributed by atoms with Crippen LogP contribution in [0.25, 0.3) is 0 Å². The lowest BCUT2D eigenvalue weighted by Gasteiger charge is -2.33. The number of rotatable bonds is 3. The van der Waals surface area contributed by atoms with E-state index in [4.69, 9.17) is 0 Å². The van der Waals surface area contributed by atoms with Crippen LogP contribution in [-0.4, -0.2) is 48.3 Å². The second-order valence-electron chi connectivity index (χ2n) is 6.48. The van der Waals surface area contributed by atoms with Crippen molar-refractivity contribution in [3.05, 3.63) is 59.9 Å². The van der Waals surface area contributed by atoms with Crippen LogP contribution in [0.2, 0.25) is 0 Å². The molecule has 0 unspecified atom stereocenters. The standard InChI is InChI=1S/C18H21N3O2S/c22-24(23,18-6-3-9-19-12-18)21-11-8-17(14-21)20-10-7-15-4-1-2-5-16(15)13-20/h1-6,9,12,17H,7-8,10-11,13-14H2/t17-/m1/s1. The Labute approximate surface area is 143 Å². The summed E-state index contributed by atoms with van der Waals surface area (Å²) >= 11 is 0. The van der Waals surface area contributed by atoms with Crippen molar-refractivity contribution in [3.8, 4) is 0 Å². The highest BCUT2D eigenvalue weighted by molar-refractivity contribution is 7.89. The second kappa shape index (κ2) is 6.27. The van der Waals surface area contributed by atoms with Gasteiger partial charge in [0.05, 0.1) is 0 Å². The monoisotopic (exact) mass is 343 g/mol. The summed E-state index contributed by atoms with van der Waals surface area (Å²) in [6, 6.07) is 12.1. The first-order valence-corrected chi connectivity index (χ1v) is 9.79. The zero-order chi connectivity index (χ0) is 16.6. The average Bonchev–Trinajstić information content (AvgIpc) is 3.13. The van der Waals surface area contributed by atoms with Crippen LogP contribution in [0.3, 0.4) is 0 Å². The van der Waals surface area contributed by atoms with E-state index in [0.717, 1.165) is 25.9 Å². The predicted molar refractivity (Wildman–Crippen MR) is 92.0 cm³/mol. The molecule has 6 heteroatoms. The van der Waals surface area contributed by atoms with E-state index in [0.29, 0.717) is 19.1 Å². The Hall–Kier alpha value is -1.76. The summed E-state index contributed by atoms with van der Waals surface area (Å²) in [5, 5.41) is 0. The van der Waals surface area contributed by atoms with Gasteiger partial charge in [-0.1, -0.05) is 24.3 Å². The molecule has 1 fully saturated rings. The topological polar surface area (TPSA) is 53.5 Å².